The molecule has 4 nitrogen and oxygen atoms in total. The number of nitrogens with one attached hydrogen (secondary N) is 2. The van der Waals surface area contributed by atoms with Gasteiger partial charge in [-0.1, -0.05) is 48.5 Å². The molecule has 3 rings (SSSR count). The molecule has 0 aliphatic rings. The molecule has 1 heterocycles. The summed E-state index contributed by atoms with van der Waals surface area (Å²) in [5.41, 5.74) is 2.55. The Kier molecular flexibility index (Phi) is 5.67. The van der Waals surface area contributed by atoms with Gasteiger partial charge in [0.2, 0.25) is 0 Å². The number of aromatic nitrogens is 3. The van der Waals surface area contributed by atoms with Crippen LogP contribution in [0.1, 0.15) is 29.9 Å². The van der Waals surface area contributed by atoms with Gasteiger partial charge in [-0.05, 0) is 36.8 Å². The second-order valence-electron chi connectivity index (χ2n) is 5.80. The van der Waals surface area contributed by atoms with E-state index in [0.29, 0.717) is 6.04 Å². The Morgan fingerprint density at radius 3 is 2.54 bits per heavy atom. The van der Waals surface area contributed by atoms with E-state index in [0.717, 1.165) is 12.2 Å². The molecule has 5 heteroatoms. The van der Waals surface area contributed by atoms with Gasteiger partial charge in [-0.25, -0.2) is 4.98 Å². The normalized spacial score (nSPS) is 13.6. The van der Waals surface area contributed by atoms with Gasteiger partial charge in [-0.15, -0.1) is 11.8 Å². The number of benzene rings is 2. The summed E-state index contributed by atoms with van der Waals surface area (Å²) in [7, 11) is 0. The van der Waals surface area contributed by atoms with E-state index in [4.69, 9.17) is 0 Å². The highest BCUT2D eigenvalue weighted by Crippen LogP contribution is 2.23. The van der Waals surface area contributed by atoms with Crippen LogP contribution in [0.15, 0.2) is 65.8 Å². The van der Waals surface area contributed by atoms with Crippen LogP contribution >= 0.6 is 11.8 Å². The van der Waals surface area contributed by atoms with Crippen LogP contribution in [0.2, 0.25) is 0 Å². The van der Waals surface area contributed by atoms with Crippen molar-refractivity contribution >= 4 is 11.8 Å². The van der Waals surface area contributed by atoms with Gasteiger partial charge >= 0.3 is 0 Å². The summed E-state index contributed by atoms with van der Waals surface area (Å²) in [4.78, 5) is 5.69. The summed E-state index contributed by atoms with van der Waals surface area (Å²) < 4.78 is 0. The van der Waals surface area contributed by atoms with E-state index < -0.39 is 0 Å². The fourth-order valence-electron chi connectivity index (χ4n) is 2.88. The largest absolute Gasteiger partial charge is 0.301 e. The molecule has 24 heavy (non-hydrogen) atoms. The zero-order valence-electron chi connectivity index (χ0n) is 13.9. The van der Waals surface area contributed by atoms with Crippen molar-refractivity contribution in [3.8, 4) is 0 Å². The maximum atomic E-state index is 4.35. The third-order valence-corrected chi connectivity index (χ3v) is 4.85. The van der Waals surface area contributed by atoms with Crippen LogP contribution in [0.25, 0.3) is 0 Å². The third-order valence-electron chi connectivity index (χ3n) is 4.01. The van der Waals surface area contributed by atoms with Gasteiger partial charge < -0.3 is 5.32 Å². The Morgan fingerprint density at radius 1 is 1.08 bits per heavy atom. The minimum atomic E-state index is 0.00476. The fourth-order valence-corrected chi connectivity index (χ4v) is 3.51. The molecule has 0 bridgehead atoms. The highest BCUT2D eigenvalue weighted by molar-refractivity contribution is 7.98. The van der Waals surface area contributed by atoms with Crippen molar-refractivity contribution in [3.63, 3.8) is 0 Å². The number of rotatable bonds is 7. The molecule has 0 amide bonds. The number of nitrogens with zero attached hydrogens (tertiary/aromatic N) is 2. The summed E-state index contributed by atoms with van der Waals surface area (Å²) in [6, 6.07) is 19.2. The van der Waals surface area contributed by atoms with Gasteiger partial charge in [0.15, 0.2) is 0 Å². The Hall–Kier alpha value is -2.11. The predicted molar refractivity (Wildman–Crippen MR) is 99.2 cm³/mol. The number of hydrogen-bond acceptors (Lipinski definition) is 4. The van der Waals surface area contributed by atoms with Crippen molar-refractivity contribution < 1.29 is 0 Å². The maximum Gasteiger partial charge on any atom is 0.145 e. The molecule has 124 valence electrons. The summed E-state index contributed by atoms with van der Waals surface area (Å²) in [5.74, 6) is 0.839. The van der Waals surface area contributed by atoms with Gasteiger partial charge in [-0.3, -0.25) is 5.10 Å². The minimum Gasteiger partial charge on any atom is -0.301 e. The van der Waals surface area contributed by atoms with Crippen molar-refractivity contribution in [1.29, 1.82) is 0 Å². The number of hydrogen-bond donors (Lipinski definition) is 2. The molecule has 2 atom stereocenters. The Labute approximate surface area is 147 Å². The van der Waals surface area contributed by atoms with Crippen LogP contribution in [0.4, 0.5) is 0 Å². The van der Waals surface area contributed by atoms with Crippen molar-refractivity contribution in [2.75, 3.05) is 6.26 Å². The number of thioether (sulfide) groups is 1. The third kappa shape index (κ3) is 4.04. The smallest absolute Gasteiger partial charge is 0.145 e. The topological polar surface area (TPSA) is 53.6 Å². The predicted octanol–water partition coefficient (Wildman–Crippen LogP) is 3.84. The first-order valence-corrected chi connectivity index (χ1v) is 9.28. The second kappa shape index (κ2) is 8.13. The van der Waals surface area contributed by atoms with Crippen molar-refractivity contribution in [2.45, 2.75) is 30.3 Å². The van der Waals surface area contributed by atoms with Crippen LogP contribution in [-0.2, 0) is 6.42 Å². The van der Waals surface area contributed by atoms with Gasteiger partial charge in [0.1, 0.15) is 12.2 Å². The molecule has 0 unspecified atom stereocenters. The maximum absolute atomic E-state index is 4.35. The first kappa shape index (κ1) is 16.7. The molecular weight excluding hydrogens is 316 g/mol. The van der Waals surface area contributed by atoms with Gasteiger partial charge in [-0.2, -0.15) is 5.10 Å². The molecule has 0 saturated heterocycles. The van der Waals surface area contributed by atoms with Crippen LogP contribution in [0, 0.1) is 0 Å². The van der Waals surface area contributed by atoms with E-state index in [2.05, 4.69) is 70.1 Å². The molecule has 0 fully saturated rings. The van der Waals surface area contributed by atoms with Gasteiger partial charge in [0.05, 0.1) is 6.04 Å². The molecule has 0 aliphatic carbocycles. The van der Waals surface area contributed by atoms with Gasteiger partial charge in [0, 0.05) is 10.9 Å². The lowest BCUT2D eigenvalue weighted by atomic mass is 10.0. The van der Waals surface area contributed by atoms with E-state index in [-0.39, 0.29) is 6.04 Å². The van der Waals surface area contributed by atoms with E-state index in [1.807, 2.05) is 18.2 Å². The first-order valence-electron chi connectivity index (χ1n) is 8.06. The van der Waals surface area contributed by atoms with Gasteiger partial charge in [0.25, 0.3) is 0 Å². The zero-order valence-corrected chi connectivity index (χ0v) is 14.8. The average molecular weight is 338 g/mol. The molecule has 0 spiro atoms. The summed E-state index contributed by atoms with van der Waals surface area (Å²) in [6.45, 7) is 2.21. The summed E-state index contributed by atoms with van der Waals surface area (Å²) in [6.07, 6.45) is 4.65. The lowest BCUT2D eigenvalue weighted by Crippen LogP contribution is -2.33. The lowest BCUT2D eigenvalue weighted by molar-refractivity contribution is 0.480. The van der Waals surface area contributed by atoms with Crippen molar-refractivity contribution in [2.24, 2.45) is 0 Å². The van der Waals surface area contributed by atoms with Crippen molar-refractivity contribution in [3.05, 3.63) is 77.9 Å². The Bertz CT molecular complexity index is 743. The summed E-state index contributed by atoms with van der Waals surface area (Å²) >= 11 is 1.79. The molecule has 2 N–H and O–H groups in total. The Balaban J connectivity index is 1.78. The minimum absolute atomic E-state index is 0.00476. The quantitative estimate of drug-likeness (QED) is 0.643. The first-order chi connectivity index (χ1) is 11.8. The number of aromatic amines is 1. The van der Waals surface area contributed by atoms with Crippen molar-refractivity contribution in [1.82, 2.24) is 20.5 Å². The standard InChI is InChI=1S/C19H22N4S/c1-14(12-16-10-6-7-11-17(16)24-2)22-18(19-20-13-21-23-19)15-8-4-3-5-9-15/h3-11,13-14,18,22H,12H2,1-2H3,(H,20,21,23)/t14-,18-/m1/s1. The van der Waals surface area contributed by atoms with Crippen LogP contribution in [0.3, 0.4) is 0 Å². The second-order valence-corrected chi connectivity index (χ2v) is 6.65. The molecule has 0 aliphatic heterocycles. The van der Waals surface area contributed by atoms with E-state index in [9.17, 15) is 0 Å². The highest BCUT2D eigenvalue weighted by Gasteiger charge is 2.19. The van der Waals surface area contributed by atoms with Crippen LogP contribution in [-0.4, -0.2) is 27.5 Å². The average Bonchev–Trinajstić information content (AvgIpc) is 3.15. The molecule has 0 radical (unpaired) electrons. The Morgan fingerprint density at radius 2 is 1.83 bits per heavy atom. The molecule has 0 saturated carbocycles. The summed E-state index contributed by atoms with van der Waals surface area (Å²) in [5, 5.41) is 10.7. The van der Waals surface area contributed by atoms with Crippen LogP contribution in [0.5, 0.6) is 0 Å². The SMILES string of the molecule is CSc1ccccc1C[C@@H](C)N[C@H](c1ccccc1)c1ncn[nH]1. The van der Waals surface area contributed by atoms with Crippen LogP contribution < -0.4 is 5.32 Å². The zero-order chi connectivity index (χ0) is 16.8. The highest BCUT2D eigenvalue weighted by atomic mass is 32.2. The molecular formula is C19H22N4S. The van der Waals surface area contributed by atoms with E-state index >= 15 is 0 Å². The molecule has 1 aromatic heterocycles. The number of H-pyrrole nitrogens is 1. The fraction of sp³-hybridized carbons (Fsp3) is 0.263. The monoisotopic (exact) mass is 338 g/mol. The molecule has 3 aromatic rings. The molecule has 2 aromatic carbocycles. The van der Waals surface area contributed by atoms with E-state index in [1.165, 1.54) is 16.0 Å². The van der Waals surface area contributed by atoms with E-state index in [1.54, 1.807) is 18.1 Å². The lowest BCUT2D eigenvalue weighted by Gasteiger charge is -2.23.